The number of hydrogen-bond acceptors (Lipinski definition) is 3. The second-order valence-corrected chi connectivity index (χ2v) is 4.10. The second kappa shape index (κ2) is 6.93. The molecule has 2 rings (SSSR count). The predicted molar refractivity (Wildman–Crippen MR) is 73.5 cm³/mol. The molecule has 122 valence electrons. The molecule has 0 fully saturated rings. The zero-order valence-electron chi connectivity index (χ0n) is 12.3. The van der Waals surface area contributed by atoms with E-state index in [-0.39, 0.29) is 17.2 Å². The molecular formula is C15H16F4O3. The lowest BCUT2D eigenvalue weighted by Gasteiger charge is -2.18. The van der Waals surface area contributed by atoms with Crippen molar-refractivity contribution in [3.8, 4) is 5.75 Å². The summed E-state index contributed by atoms with van der Waals surface area (Å²) in [6, 6.07) is 4.03. The molecule has 0 aromatic heterocycles. The maximum Gasteiger partial charge on any atom is 0.492 e. The molecular weight excluding hydrogens is 304 g/mol. The SMILES string of the molecule is CC.CCc1cccc2c(F)c(F)c(F)c(OC(O)(O)F)c12. The minimum atomic E-state index is -4.21. The van der Waals surface area contributed by atoms with Crippen molar-refractivity contribution in [1.29, 1.82) is 0 Å². The number of aliphatic hydroxyl groups is 2. The number of rotatable bonds is 3. The average molecular weight is 320 g/mol. The van der Waals surface area contributed by atoms with Gasteiger partial charge in [-0.3, -0.25) is 0 Å². The fraction of sp³-hybridized carbons (Fsp3) is 0.333. The van der Waals surface area contributed by atoms with Gasteiger partial charge in [0.25, 0.3) is 0 Å². The maximum atomic E-state index is 13.7. The summed E-state index contributed by atoms with van der Waals surface area (Å²) in [4.78, 5) is 0. The monoisotopic (exact) mass is 320 g/mol. The van der Waals surface area contributed by atoms with Gasteiger partial charge in [-0.25, -0.2) is 8.78 Å². The molecule has 0 aliphatic carbocycles. The molecule has 2 aromatic carbocycles. The summed E-state index contributed by atoms with van der Waals surface area (Å²) in [6.45, 7) is 5.65. The zero-order chi connectivity index (χ0) is 17.1. The van der Waals surface area contributed by atoms with Crippen LogP contribution in [0.25, 0.3) is 10.8 Å². The van der Waals surface area contributed by atoms with Gasteiger partial charge in [0.05, 0.1) is 0 Å². The Balaban J connectivity index is 0.00000116. The molecule has 0 heterocycles. The van der Waals surface area contributed by atoms with Crippen LogP contribution >= 0.6 is 0 Å². The quantitative estimate of drug-likeness (QED) is 0.514. The van der Waals surface area contributed by atoms with Gasteiger partial charge in [0, 0.05) is 10.8 Å². The highest BCUT2D eigenvalue weighted by atomic mass is 19.2. The Labute approximate surface area is 124 Å². The number of benzene rings is 2. The van der Waals surface area contributed by atoms with Crippen LogP contribution < -0.4 is 4.74 Å². The summed E-state index contributed by atoms with van der Waals surface area (Å²) in [5, 5.41) is 16.5. The van der Waals surface area contributed by atoms with E-state index >= 15 is 0 Å². The number of aryl methyl sites for hydroxylation is 1. The molecule has 0 saturated heterocycles. The first-order chi connectivity index (χ1) is 10.3. The molecule has 0 amide bonds. The fourth-order valence-corrected chi connectivity index (χ4v) is 2.00. The molecule has 0 atom stereocenters. The Hall–Kier alpha value is -1.86. The summed E-state index contributed by atoms with van der Waals surface area (Å²) >= 11 is 0. The Morgan fingerprint density at radius 2 is 1.64 bits per heavy atom. The van der Waals surface area contributed by atoms with Gasteiger partial charge in [-0.1, -0.05) is 39.0 Å². The van der Waals surface area contributed by atoms with E-state index in [0.717, 1.165) is 6.07 Å². The number of ether oxygens (including phenoxy) is 1. The van der Waals surface area contributed by atoms with Gasteiger partial charge in [0.15, 0.2) is 17.4 Å². The van der Waals surface area contributed by atoms with Crippen LogP contribution in [0.3, 0.4) is 0 Å². The highest BCUT2D eigenvalue weighted by Crippen LogP contribution is 2.37. The first-order valence-electron chi connectivity index (χ1n) is 6.67. The third-order valence-electron chi connectivity index (χ3n) is 2.81. The summed E-state index contributed by atoms with van der Waals surface area (Å²) in [6.07, 6.45) is -3.92. The first-order valence-corrected chi connectivity index (χ1v) is 6.67. The molecule has 0 radical (unpaired) electrons. The van der Waals surface area contributed by atoms with Crippen molar-refractivity contribution < 1.29 is 32.5 Å². The lowest BCUT2D eigenvalue weighted by Crippen LogP contribution is -2.30. The first kappa shape index (κ1) is 18.2. The van der Waals surface area contributed by atoms with Crippen LogP contribution in [0.15, 0.2) is 18.2 Å². The molecule has 2 N–H and O–H groups in total. The van der Waals surface area contributed by atoms with Crippen LogP contribution in [0.4, 0.5) is 17.6 Å². The molecule has 0 aliphatic rings. The third-order valence-corrected chi connectivity index (χ3v) is 2.81. The number of halogens is 4. The van der Waals surface area contributed by atoms with Crippen LogP contribution in [0, 0.1) is 17.5 Å². The van der Waals surface area contributed by atoms with Crippen LogP contribution in [0.2, 0.25) is 0 Å². The molecule has 0 unspecified atom stereocenters. The predicted octanol–water partition coefficient (Wildman–Crippen LogP) is 3.79. The van der Waals surface area contributed by atoms with Crippen molar-refractivity contribution in [3.63, 3.8) is 0 Å². The molecule has 0 aliphatic heterocycles. The van der Waals surface area contributed by atoms with E-state index in [1.54, 1.807) is 6.92 Å². The summed E-state index contributed by atoms with van der Waals surface area (Å²) in [5.74, 6) is -6.27. The third kappa shape index (κ3) is 3.48. The summed E-state index contributed by atoms with van der Waals surface area (Å²) in [5.41, 5.74) is 0.333. The zero-order valence-corrected chi connectivity index (χ0v) is 12.3. The highest BCUT2D eigenvalue weighted by Gasteiger charge is 2.31. The summed E-state index contributed by atoms with van der Waals surface area (Å²) < 4.78 is 57.6. The second-order valence-electron chi connectivity index (χ2n) is 4.10. The largest absolute Gasteiger partial charge is 0.492 e. The van der Waals surface area contributed by atoms with Gasteiger partial charge in [0.2, 0.25) is 5.82 Å². The molecule has 0 bridgehead atoms. The van der Waals surface area contributed by atoms with Crippen molar-refractivity contribution in [2.45, 2.75) is 33.4 Å². The van der Waals surface area contributed by atoms with E-state index in [9.17, 15) is 17.6 Å². The molecule has 3 nitrogen and oxygen atoms in total. The maximum absolute atomic E-state index is 13.7. The van der Waals surface area contributed by atoms with E-state index in [4.69, 9.17) is 10.2 Å². The number of alkyl halides is 1. The minimum absolute atomic E-state index is 0.253. The minimum Gasteiger partial charge on any atom is -0.409 e. The Morgan fingerprint density at radius 1 is 1.05 bits per heavy atom. The van der Waals surface area contributed by atoms with Gasteiger partial charge in [-0.2, -0.15) is 4.39 Å². The van der Waals surface area contributed by atoms with Gasteiger partial charge >= 0.3 is 6.23 Å². The van der Waals surface area contributed by atoms with Crippen LogP contribution in [-0.2, 0) is 6.42 Å². The van der Waals surface area contributed by atoms with Gasteiger partial charge < -0.3 is 14.9 Å². The Kier molecular flexibility index (Phi) is 5.73. The topological polar surface area (TPSA) is 49.7 Å². The molecule has 0 spiro atoms. The highest BCUT2D eigenvalue weighted by molar-refractivity contribution is 5.92. The van der Waals surface area contributed by atoms with E-state index in [1.165, 1.54) is 12.1 Å². The van der Waals surface area contributed by atoms with Crippen LogP contribution in [-0.4, -0.2) is 16.4 Å². The lowest BCUT2D eigenvalue weighted by atomic mass is 10.0. The van der Waals surface area contributed by atoms with Crippen molar-refractivity contribution in [2.24, 2.45) is 0 Å². The van der Waals surface area contributed by atoms with Gasteiger partial charge in [0.1, 0.15) is 0 Å². The standard InChI is InChI=1S/C13H10F4O3.C2H6/c1-2-6-4-3-5-7-8(6)12(20-13(17,18)19)11(16)10(15)9(7)14;1-2/h3-5,18-19H,2H2,1H3;1-2H3. The molecule has 22 heavy (non-hydrogen) atoms. The van der Waals surface area contributed by atoms with Crippen molar-refractivity contribution in [2.75, 3.05) is 0 Å². The van der Waals surface area contributed by atoms with E-state index in [1.807, 2.05) is 13.8 Å². The van der Waals surface area contributed by atoms with Crippen molar-refractivity contribution in [3.05, 3.63) is 41.2 Å². The molecule has 0 saturated carbocycles. The van der Waals surface area contributed by atoms with Gasteiger partial charge in [-0.05, 0) is 12.0 Å². The lowest BCUT2D eigenvalue weighted by molar-refractivity contribution is -0.375. The van der Waals surface area contributed by atoms with Crippen LogP contribution in [0.5, 0.6) is 5.75 Å². The van der Waals surface area contributed by atoms with Crippen LogP contribution in [0.1, 0.15) is 26.3 Å². The molecule has 2 aromatic rings. The Morgan fingerprint density at radius 3 is 2.14 bits per heavy atom. The van der Waals surface area contributed by atoms with E-state index in [2.05, 4.69) is 4.74 Å². The van der Waals surface area contributed by atoms with Crippen molar-refractivity contribution >= 4 is 10.8 Å². The molecule has 7 heteroatoms. The summed E-state index contributed by atoms with van der Waals surface area (Å²) in [7, 11) is 0. The number of fused-ring (bicyclic) bond motifs is 1. The van der Waals surface area contributed by atoms with Gasteiger partial charge in [-0.15, -0.1) is 4.39 Å². The Bertz CT molecular complexity index is 666. The van der Waals surface area contributed by atoms with E-state index in [0.29, 0.717) is 5.56 Å². The normalized spacial score (nSPS) is 11.1. The number of hydrogen-bond donors (Lipinski definition) is 2. The smallest absolute Gasteiger partial charge is 0.409 e. The average Bonchev–Trinajstić information content (AvgIpc) is 2.49. The van der Waals surface area contributed by atoms with E-state index < -0.39 is 29.4 Å². The van der Waals surface area contributed by atoms with Crippen molar-refractivity contribution in [1.82, 2.24) is 0 Å². The fourth-order valence-electron chi connectivity index (χ4n) is 2.00.